The lowest BCUT2D eigenvalue weighted by atomic mass is 10.1. The van der Waals surface area contributed by atoms with E-state index in [1.54, 1.807) is 69.3 Å². The number of alkyl carbamates (subject to hydrolysis) is 1. The van der Waals surface area contributed by atoms with Gasteiger partial charge in [0.25, 0.3) is 0 Å². The zero-order chi connectivity index (χ0) is 28.6. The average Bonchev–Trinajstić information content (AvgIpc) is 3.31. The van der Waals surface area contributed by atoms with Gasteiger partial charge in [0.05, 0.1) is 12.1 Å². The Bertz CT molecular complexity index is 1270. The first-order chi connectivity index (χ1) is 18.3. The number of carbonyl (C=O) groups excluding carboxylic acids is 3. The number of Topliss-reactive ketones (excluding diaryl/α,β-unsaturated/α-hetero) is 1. The molecular weight excluding hydrogens is 519 g/mol. The van der Waals surface area contributed by atoms with E-state index in [1.165, 1.54) is 12.1 Å². The van der Waals surface area contributed by atoms with E-state index in [0.717, 1.165) is 4.68 Å². The first kappa shape index (κ1) is 29.2. The Balaban J connectivity index is 1.75. The minimum atomic E-state index is -4.76. The molecule has 3 rings (SSSR count). The SMILES string of the molecule is CC(C)(C)OC(=O)C[C@H](NC(=O)OCc1ccccc1)C(=O)COc1cc(C(F)(F)F)nn1-c1ccccc1. The molecular formula is C27H28F3N3O6. The van der Waals surface area contributed by atoms with Gasteiger partial charge in [-0.1, -0.05) is 48.5 Å². The fourth-order valence-electron chi connectivity index (χ4n) is 3.31. The molecule has 1 heterocycles. The lowest BCUT2D eigenvalue weighted by molar-refractivity contribution is -0.156. The number of benzene rings is 2. The Morgan fingerprint density at radius 3 is 2.18 bits per heavy atom. The number of nitrogens with zero attached hydrogens (tertiary/aromatic N) is 2. The van der Waals surface area contributed by atoms with Crippen molar-refractivity contribution >= 4 is 17.8 Å². The van der Waals surface area contributed by atoms with E-state index >= 15 is 0 Å². The first-order valence-electron chi connectivity index (χ1n) is 11.9. The maximum absolute atomic E-state index is 13.3. The summed E-state index contributed by atoms with van der Waals surface area (Å²) in [5, 5.41) is 5.88. The van der Waals surface area contributed by atoms with Crippen molar-refractivity contribution < 1.29 is 41.8 Å². The smallest absolute Gasteiger partial charge is 0.435 e. The van der Waals surface area contributed by atoms with E-state index in [9.17, 15) is 27.6 Å². The van der Waals surface area contributed by atoms with Crippen LogP contribution in [0.3, 0.4) is 0 Å². The summed E-state index contributed by atoms with van der Waals surface area (Å²) >= 11 is 0. The average molecular weight is 548 g/mol. The highest BCUT2D eigenvalue weighted by Gasteiger charge is 2.36. The highest BCUT2D eigenvalue weighted by atomic mass is 19.4. The van der Waals surface area contributed by atoms with Crippen LogP contribution in [0.2, 0.25) is 0 Å². The normalized spacial score (nSPS) is 12.4. The number of halogens is 3. The second-order valence-corrected chi connectivity index (χ2v) is 9.42. The number of rotatable bonds is 10. The molecule has 12 heteroatoms. The number of alkyl halides is 3. The Hall–Kier alpha value is -4.35. The topological polar surface area (TPSA) is 109 Å². The van der Waals surface area contributed by atoms with Crippen molar-refractivity contribution in [2.75, 3.05) is 6.61 Å². The van der Waals surface area contributed by atoms with Gasteiger partial charge in [0.15, 0.2) is 18.1 Å². The van der Waals surface area contributed by atoms with Crippen LogP contribution in [0.1, 0.15) is 38.4 Å². The molecule has 0 saturated heterocycles. The van der Waals surface area contributed by atoms with Crippen molar-refractivity contribution in [2.45, 2.75) is 51.6 Å². The molecule has 0 aliphatic carbocycles. The van der Waals surface area contributed by atoms with E-state index < -0.39 is 54.4 Å². The van der Waals surface area contributed by atoms with E-state index in [-0.39, 0.29) is 18.2 Å². The molecule has 0 bridgehead atoms. The Kier molecular flexibility index (Phi) is 9.33. The highest BCUT2D eigenvalue weighted by molar-refractivity contribution is 5.92. The van der Waals surface area contributed by atoms with Gasteiger partial charge in [0, 0.05) is 6.07 Å². The molecule has 1 amide bonds. The summed E-state index contributed by atoms with van der Waals surface area (Å²) in [5.74, 6) is -1.94. The van der Waals surface area contributed by atoms with Gasteiger partial charge in [-0.05, 0) is 38.5 Å². The number of ether oxygens (including phenoxy) is 3. The molecule has 0 aliphatic rings. The standard InChI is InChI=1S/C27H28F3N3O6/c1-26(2,3)39-24(35)14-20(31-25(36)38-16-18-10-6-4-7-11-18)21(34)17-37-23-15-22(27(28,29)30)32-33(23)19-12-8-5-9-13-19/h4-13,15,20H,14,16-17H2,1-3H3,(H,31,36)/t20-/m0/s1. The van der Waals surface area contributed by atoms with Gasteiger partial charge >= 0.3 is 18.2 Å². The third-order valence-corrected chi connectivity index (χ3v) is 5.01. The van der Waals surface area contributed by atoms with Crippen molar-refractivity contribution in [3.8, 4) is 11.6 Å². The molecule has 0 unspecified atom stereocenters. The fraction of sp³-hybridized carbons (Fsp3) is 0.333. The number of nitrogens with one attached hydrogen (secondary N) is 1. The van der Waals surface area contributed by atoms with Crippen LogP contribution in [-0.4, -0.2) is 45.9 Å². The number of amides is 1. The van der Waals surface area contributed by atoms with E-state index in [1.807, 2.05) is 0 Å². The molecule has 3 aromatic rings. The summed E-state index contributed by atoms with van der Waals surface area (Å²) in [4.78, 5) is 37.8. The summed E-state index contributed by atoms with van der Waals surface area (Å²) in [6.45, 7) is 4.04. The van der Waals surface area contributed by atoms with Crippen LogP contribution in [0.25, 0.3) is 5.69 Å². The van der Waals surface area contributed by atoms with Crippen LogP contribution >= 0.6 is 0 Å². The summed E-state index contributed by atoms with van der Waals surface area (Å²) in [6, 6.07) is 15.9. The largest absolute Gasteiger partial charge is 0.469 e. The summed E-state index contributed by atoms with van der Waals surface area (Å²) < 4.78 is 56.7. The number of aromatic nitrogens is 2. The molecule has 1 atom stereocenters. The Labute approximate surface area is 222 Å². The molecule has 2 aromatic carbocycles. The Morgan fingerprint density at radius 1 is 0.974 bits per heavy atom. The quantitative estimate of drug-likeness (QED) is 0.361. The first-order valence-corrected chi connectivity index (χ1v) is 11.9. The number of ketones is 1. The van der Waals surface area contributed by atoms with Crippen molar-refractivity contribution in [2.24, 2.45) is 0 Å². The fourth-order valence-corrected chi connectivity index (χ4v) is 3.31. The molecule has 9 nitrogen and oxygen atoms in total. The van der Waals surface area contributed by atoms with Gasteiger partial charge in [-0.3, -0.25) is 9.59 Å². The minimum Gasteiger partial charge on any atom is -0.469 e. The van der Waals surface area contributed by atoms with Gasteiger partial charge in [0.2, 0.25) is 5.88 Å². The zero-order valence-electron chi connectivity index (χ0n) is 21.5. The monoisotopic (exact) mass is 547 g/mol. The molecule has 0 fully saturated rings. The van der Waals surface area contributed by atoms with Crippen LogP contribution in [0, 0.1) is 0 Å². The predicted molar refractivity (Wildman–Crippen MR) is 133 cm³/mol. The van der Waals surface area contributed by atoms with Crippen LogP contribution in [-0.2, 0) is 31.8 Å². The Morgan fingerprint density at radius 2 is 1.59 bits per heavy atom. The molecule has 0 spiro atoms. The van der Waals surface area contributed by atoms with Crippen molar-refractivity contribution in [1.29, 1.82) is 0 Å². The minimum absolute atomic E-state index is 0.0903. The van der Waals surface area contributed by atoms with Crippen LogP contribution in [0.4, 0.5) is 18.0 Å². The third kappa shape index (κ3) is 9.16. The second-order valence-electron chi connectivity index (χ2n) is 9.42. The molecule has 0 aliphatic heterocycles. The van der Waals surface area contributed by atoms with Crippen LogP contribution in [0.5, 0.6) is 5.88 Å². The maximum Gasteiger partial charge on any atom is 0.435 e. The lowest BCUT2D eigenvalue weighted by Crippen LogP contribution is -2.45. The van der Waals surface area contributed by atoms with E-state index in [2.05, 4.69) is 10.4 Å². The lowest BCUT2D eigenvalue weighted by Gasteiger charge is -2.22. The van der Waals surface area contributed by atoms with Crippen molar-refractivity contribution in [3.05, 3.63) is 78.0 Å². The molecule has 0 saturated carbocycles. The zero-order valence-corrected chi connectivity index (χ0v) is 21.5. The third-order valence-electron chi connectivity index (χ3n) is 5.01. The second kappa shape index (κ2) is 12.5. The van der Waals surface area contributed by atoms with Gasteiger partial charge in [-0.2, -0.15) is 18.3 Å². The van der Waals surface area contributed by atoms with Crippen LogP contribution < -0.4 is 10.1 Å². The summed E-state index contributed by atoms with van der Waals surface area (Å²) in [6.07, 6.45) is -6.29. The number of esters is 1. The van der Waals surface area contributed by atoms with Crippen LogP contribution in [0.15, 0.2) is 66.7 Å². The van der Waals surface area contributed by atoms with Crippen molar-refractivity contribution in [1.82, 2.24) is 15.1 Å². The predicted octanol–water partition coefficient (Wildman–Crippen LogP) is 4.87. The number of hydrogen-bond acceptors (Lipinski definition) is 7. The highest BCUT2D eigenvalue weighted by Crippen LogP contribution is 2.32. The molecule has 208 valence electrons. The van der Waals surface area contributed by atoms with E-state index in [0.29, 0.717) is 11.6 Å². The number of hydrogen-bond donors (Lipinski definition) is 1. The molecule has 1 N–H and O–H groups in total. The van der Waals surface area contributed by atoms with Gasteiger partial charge in [-0.15, -0.1) is 0 Å². The van der Waals surface area contributed by atoms with Gasteiger partial charge < -0.3 is 19.5 Å². The maximum atomic E-state index is 13.3. The van der Waals surface area contributed by atoms with Gasteiger partial charge in [0.1, 0.15) is 18.2 Å². The van der Waals surface area contributed by atoms with E-state index in [4.69, 9.17) is 14.2 Å². The van der Waals surface area contributed by atoms with Gasteiger partial charge in [-0.25, -0.2) is 9.48 Å². The molecule has 1 aromatic heterocycles. The summed E-state index contributed by atoms with van der Waals surface area (Å²) in [5.41, 5.74) is -1.11. The number of para-hydroxylation sites is 1. The summed E-state index contributed by atoms with van der Waals surface area (Å²) in [7, 11) is 0. The van der Waals surface area contributed by atoms with Crippen molar-refractivity contribution in [3.63, 3.8) is 0 Å². The number of carbonyl (C=O) groups is 3. The molecule has 0 radical (unpaired) electrons. The molecule has 39 heavy (non-hydrogen) atoms.